The highest BCUT2D eigenvalue weighted by Crippen LogP contribution is 2.21. The molecule has 0 aliphatic rings. The Labute approximate surface area is 227 Å². The number of hydrogen-bond acceptors (Lipinski definition) is 8. The van der Waals surface area contributed by atoms with Crippen LogP contribution in [0, 0.1) is 0 Å². The van der Waals surface area contributed by atoms with Gasteiger partial charge in [0.1, 0.15) is 24.8 Å². The van der Waals surface area contributed by atoms with Crippen molar-refractivity contribution in [1.29, 1.82) is 0 Å². The molecule has 0 fully saturated rings. The lowest BCUT2D eigenvalue weighted by atomic mass is 10.3. The van der Waals surface area contributed by atoms with E-state index in [1.807, 2.05) is 42.0 Å². The van der Waals surface area contributed by atoms with Crippen LogP contribution < -0.4 is 9.13 Å². The molecule has 1 N–H and O–H groups in total. The van der Waals surface area contributed by atoms with Gasteiger partial charge in [-0.3, -0.25) is 4.55 Å². The Balaban J connectivity index is 0. The van der Waals surface area contributed by atoms with Gasteiger partial charge < -0.3 is 9.11 Å². The van der Waals surface area contributed by atoms with Gasteiger partial charge in [0.15, 0.2) is 20.2 Å². The molecule has 0 radical (unpaired) electrons. The van der Waals surface area contributed by atoms with Gasteiger partial charge in [0.2, 0.25) is 12.7 Å². The fourth-order valence-electron chi connectivity index (χ4n) is 2.19. The van der Waals surface area contributed by atoms with E-state index in [0.717, 1.165) is 19.5 Å². The number of halogens is 6. The smallest absolute Gasteiger partial charge is 0.485 e. The summed E-state index contributed by atoms with van der Waals surface area (Å²) in [7, 11) is -12.0. The Bertz CT molecular complexity index is 1280. The van der Waals surface area contributed by atoms with Gasteiger partial charge in [-0.1, -0.05) is 13.3 Å². The maximum atomic E-state index is 10.7. The summed E-state index contributed by atoms with van der Waals surface area (Å²) in [5, 5.41) is 0. The van der Waals surface area contributed by atoms with Crippen LogP contribution in [0.15, 0.2) is 37.4 Å². The lowest BCUT2D eigenvalue weighted by molar-refractivity contribution is -0.671. The molecule has 0 bridgehead atoms. The highest BCUT2D eigenvalue weighted by atomic mass is 32.2. The van der Waals surface area contributed by atoms with Gasteiger partial charge in [0, 0.05) is 0 Å². The SMILES string of the molecule is CCCCn1cc[n+](C)c1.C[n+]1ccn(CCCCS(=O)(=O)O)c1.O=S(=O)([O-])C(F)(F)F.O=S(=O)([O-])C(F)(F)F. The summed E-state index contributed by atoms with van der Waals surface area (Å²) >= 11 is 0. The fraction of sp³-hybridized carbons (Fsp3) is 0.667. The number of hydrogen-bond donors (Lipinski definition) is 1. The molecule has 0 saturated carbocycles. The van der Waals surface area contributed by atoms with E-state index in [0.29, 0.717) is 6.42 Å². The number of unbranched alkanes of at least 4 members (excludes halogenated alkanes) is 2. The van der Waals surface area contributed by atoms with Crippen molar-refractivity contribution in [2.24, 2.45) is 14.1 Å². The quantitative estimate of drug-likeness (QED) is 0.143. The van der Waals surface area contributed by atoms with E-state index in [2.05, 4.69) is 34.8 Å². The predicted molar refractivity (Wildman–Crippen MR) is 123 cm³/mol. The number of aryl methyl sites for hydroxylation is 4. The summed E-state index contributed by atoms with van der Waals surface area (Å²) in [6.45, 7) is 4.14. The van der Waals surface area contributed by atoms with E-state index in [9.17, 15) is 34.8 Å². The van der Waals surface area contributed by atoms with Gasteiger partial charge >= 0.3 is 11.0 Å². The van der Waals surface area contributed by atoms with Crippen LogP contribution in [0.1, 0.15) is 32.6 Å². The largest absolute Gasteiger partial charge is 0.741 e. The summed E-state index contributed by atoms with van der Waals surface area (Å²) in [5.41, 5.74) is -11.3. The van der Waals surface area contributed by atoms with E-state index < -0.39 is 41.4 Å². The zero-order valence-corrected chi connectivity index (χ0v) is 23.9. The fourth-order valence-corrected chi connectivity index (χ4v) is 2.76. The number of alkyl halides is 6. The number of nitrogens with zero attached hydrogens (tertiary/aromatic N) is 4. The molecule has 13 nitrogen and oxygen atoms in total. The van der Waals surface area contributed by atoms with E-state index >= 15 is 0 Å². The summed E-state index contributed by atoms with van der Waals surface area (Å²) in [4.78, 5) is 0. The Hall–Kier alpha value is -2.27. The molecule has 2 aromatic rings. The highest BCUT2D eigenvalue weighted by molar-refractivity contribution is 7.86. The lowest BCUT2D eigenvalue weighted by Crippen LogP contribution is -2.23. The summed E-state index contributed by atoms with van der Waals surface area (Å²) < 4.78 is 155. The molecule has 236 valence electrons. The average molecular weight is 657 g/mol. The molecule has 2 aromatic heterocycles. The van der Waals surface area contributed by atoms with Crippen molar-refractivity contribution in [3.63, 3.8) is 0 Å². The van der Waals surface area contributed by atoms with Crippen LogP contribution in [0.5, 0.6) is 0 Å². The Morgan fingerprint density at radius 3 is 1.27 bits per heavy atom. The van der Waals surface area contributed by atoms with Crippen LogP contribution in [0.25, 0.3) is 0 Å². The lowest BCUT2D eigenvalue weighted by Gasteiger charge is -2.08. The average Bonchev–Trinajstić information content (AvgIpc) is 3.35. The van der Waals surface area contributed by atoms with E-state index in [1.54, 1.807) is 0 Å². The van der Waals surface area contributed by atoms with Crippen molar-refractivity contribution in [2.75, 3.05) is 5.75 Å². The van der Waals surface area contributed by atoms with Crippen molar-refractivity contribution in [3.05, 3.63) is 37.4 Å². The van der Waals surface area contributed by atoms with Crippen LogP contribution >= 0.6 is 0 Å². The maximum absolute atomic E-state index is 10.7. The zero-order valence-electron chi connectivity index (χ0n) is 21.4. The summed E-state index contributed by atoms with van der Waals surface area (Å²) in [6, 6.07) is 0. The van der Waals surface area contributed by atoms with Gasteiger partial charge in [-0.25, -0.2) is 35.1 Å². The topological polar surface area (TPSA) is 186 Å². The Morgan fingerprint density at radius 2 is 1.05 bits per heavy atom. The predicted octanol–water partition coefficient (Wildman–Crippen LogP) is 1.20. The standard InChI is InChI=1S/C8H14N2O3S.C8H15N2.2CHF3O3S/c1-9-5-6-10(8-9)4-2-3-7-14(11,12)13;1-3-4-5-10-7-6-9(2)8-10;2*2-1(3,4)8(5,6)7/h5-6,8H,2-4,7H2,1H3;6-8H,3-5H2,1-2H3;2*(H,5,6,7)/q;+1;;/p-1. The second-order valence-electron chi connectivity index (χ2n) is 7.78. The summed E-state index contributed by atoms with van der Waals surface area (Å²) in [5.74, 6) is -0.152. The molecular weight excluding hydrogens is 626 g/mol. The van der Waals surface area contributed by atoms with Gasteiger partial charge in [-0.05, 0) is 19.3 Å². The van der Waals surface area contributed by atoms with Crippen LogP contribution in [-0.4, -0.2) is 64.8 Å². The Morgan fingerprint density at radius 1 is 0.725 bits per heavy atom. The van der Waals surface area contributed by atoms with Gasteiger partial charge in [0.25, 0.3) is 10.1 Å². The van der Waals surface area contributed by atoms with Crippen LogP contribution in [0.4, 0.5) is 26.3 Å². The van der Waals surface area contributed by atoms with Crippen molar-refractivity contribution < 1.29 is 74.4 Å². The van der Waals surface area contributed by atoms with Crippen molar-refractivity contribution in [2.45, 2.75) is 56.7 Å². The monoisotopic (exact) mass is 656 g/mol. The third kappa shape index (κ3) is 20.6. The minimum atomic E-state index is -6.09. The first kappa shape index (κ1) is 39.9. The molecule has 40 heavy (non-hydrogen) atoms. The van der Waals surface area contributed by atoms with Crippen LogP contribution in [0.3, 0.4) is 0 Å². The molecule has 0 aromatic carbocycles. The number of rotatable bonds is 8. The maximum Gasteiger partial charge on any atom is 0.485 e. The number of imidazole rings is 2. The molecular formula is C18H30F6N4O9S3. The second-order valence-corrected chi connectivity index (χ2v) is 12.1. The molecule has 22 heteroatoms. The third-order valence-electron chi connectivity index (χ3n) is 4.05. The molecule has 0 amide bonds. The van der Waals surface area contributed by atoms with Crippen molar-refractivity contribution in [3.8, 4) is 0 Å². The van der Waals surface area contributed by atoms with Gasteiger partial charge in [-0.15, -0.1) is 0 Å². The van der Waals surface area contributed by atoms with Gasteiger partial charge in [-0.2, -0.15) is 34.8 Å². The molecule has 0 atom stereocenters. The first-order valence-corrected chi connectivity index (χ1v) is 15.2. The van der Waals surface area contributed by atoms with Gasteiger partial charge in [0.05, 0.1) is 32.9 Å². The third-order valence-corrected chi connectivity index (χ3v) is 5.99. The zero-order chi connectivity index (χ0) is 32.0. The highest BCUT2D eigenvalue weighted by Gasteiger charge is 2.37. The van der Waals surface area contributed by atoms with E-state index in [1.165, 1.54) is 12.8 Å². The summed E-state index contributed by atoms with van der Waals surface area (Å²) in [6.07, 6.45) is 15.8. The number of aromatic nitrogens is 4. The van der Waals surface area contributed by atoms with Crippen molar-refractivity contribution >= 4 is 30.4 Å². The molecule has 0 unspecified atom stereocenters. The molecule has 2 heterocycles. The molecule has 0 aliphatic carbocycles. The van der Waals surface area contributed by atoms with Crippen LogP contribution in [0.2, 0.25) is 0 Å². The van der Waals surface area contributed by atoms with E-state index in [-0.39, 0.29) is 5.75 Å². The minimum absolute atomic E-state index is 0.152. The van der Waals surface area contributed by atoms with Crippen LogP contribution in [-0.2, 0) is 57.5 Å². The first-order valence-electron chi connectivity index (χ1n) is 10.8. The van der Waals surface area contributed by atoms with E-state index in [4.69, 9.17) is 30.5 Å². The minimum Gasteiger partial charge on any atom is -0.741 e. The van der Waals surface area contributed by atoms with Crippen molar-refractivity contribution in [1.82, 2.24) is 9.13 Å². The molecule has 0 saturated heterocycles. The molecule has 0 aliphatic heterocycles. The normalized spacial score (nSPS) is 12.3. The Kier molecular flexibility index (Phi) is 16.8. The first-order chi connectivity index (χ1) is 17.8. The molecule has 2 rings (SSSR count). The second kappa shape index (κ2) is 16.9. The molecule has 0 spiro atoms.